The van der Waals surface area contributed by atoms with E-state index in [4.69, 9.17) is 0 Å². The molecule has 126 valence electrons. The third kappa shape index (κ3) is 1.99. The van der Waals surface area contributed by atoms with E-state index in [1.165, 1.54) is 38.5 Å². The highest BCUT2D eigenvalue weighted by atomic mass is 16.3. The minimum Gasteiger partial charge on any atom is -0.393 e. The molecule has 2 heteroatoms. The SMILES string of the molecule is CC[C@@]1(O)CC[C@@H]2[C@H]3CC[C@@H]4CC(O)CC[C@H]4[C@@H]3CC[C@]21C. The zero-order valence-corrected chi connectivity index (χ0v) is 14.4. The summed E-state index contributed by atoms with van der Waals surface area (Å²) in [6, 6.07) is 0. The topological polar surface area (TPSA) is 40.5 Å². The molecule has 4 saturated carbocycles. The van der Waals surface area contributed by atoms with Gasteiger partial charge in [-0.3, -0.25) is 0 Å². The van der Waals surface area contributed by atoms with E-state index in [-0.39, 0.29) is 11.5 Å². The van der Waals surface area contributed by atoms with E-state index in [0.29, 0.717) is 0 Å². The summed E-state index contributed by atoms with van der Waals surface area (Å²) in [4.78, 5) is 0. The average molecular weight is 306 g/mol. The molecule has 8 atom stereocenters. The van der Waals surface area contributed by atoms with Crippen LogP contribution in [0.25, 0.3) is 0 Å². The van der Waals surface area contributed by atoms with Crippen LogP contribution in [0.4, 0.5) is 0 Å². The molecule has 0 spiro atoms. The van der Waals surface area contributed by atoms with Crippen LogP contribution in [0.5, 0.6) is 0 Å². The number of aliphatic hydroxyl groups is 2. The highest BCUT2D eigenvalue weighted by molar-refractivity contribution is 5.11. The second-order valence-electron chi connectivity index (χ2n) is 9.28. The van der Waals surface area contributed by atoms with Crippen molar-refractivity contribution in [1.82, 2.24) is 0 Å². The maximum atomic E-state index is 11.2. The molecule has 22 heavy (non-hydrogen) atoms. The zero-order valence-electron chi connectivity index (χ0n) is 14.4. The van der Waals surface area contributed by atoms with Crippen molar-refractivity contribution < 1.29 is 10.2 Å². The molecule has 1 unspecified atom stereocenters. The van der Waals surface area contributed by atoms with Gasteiger partial charge in [0.1, 0.15) is 0 Å². The molecule has 0 radical (unpaired) electrons. The van der Waals surface area contributed by atoms with Gasteiger partial charge in [-0.1, -0.05) is 13.8 Å². The molecule has 0 heterocycles. The largest absolute Gasteiger partial charge is 0.393 e. The van der Waals surface area contributed by atoms with Crippen LogP contribution in [0, 0.1) is 35.0 Å². The minimum atomic E-state index is -0.401. The van der Waals surface area contributed by atoms with Crippen molar-refractivity contribution in [2.45, 2.75) is 89.8 Å². The smallest absolute Gasteiger partial charge is 0.0701 e. The van der Waals surface area contributed by atoms with Crippen LogP contribution >= 0.6 is 0 Å². The molecule has 4 aliphatic rings. The molecule has 0 aliphatic heterocycles. The Morgan fingerprint density at radius 2 is 1.68 bits per heavy atom. The van der Waals surface area contributed by atoms with Crippen LogP contribution in [0.1, 0.15) is 78.1 Å². The lowest BCUT2D eigenvalue weighted by Gasteiger charge is -2.57. The Hall–Kier alpha value is -0.0800. The first-order valence-electron chi connectivity index (χ1n) is 9.89. The van der Waals surface area contributed by atoms with E-state index in [9.17, 15) is 10.2 Å². The van der Waals surface area contributed by atoms with Gasteiger partial charge < -0.3 is 10.2 Å². The van der Waals surface area contributed by atoms with Crippen LogP contribution in [0.3, 0.4) is 0 Å². The number of hydrogen-bond donors (Lipinski definition) is 2. The highest BCUT2D eigenvalue weighted by Crippen LogP contribution is 2.65. The lowest BCUT2D eigenvalue weighted by atomic mass is 9.49. The van der Waals surface area contributed by atoms with Crippen molar-refractivity contribution in [2.24, 2.45) is 35.0 Å². The standard InChI is InChI=1S/C20H34O2/c1-3-20(22)11-9-18-17-6-4-13-12-14(21)5-7-15(13)16(17)8-10-19(18,20)2/h13-18,21-22H,3-12H2,1-2H3/t13-,14?,15-,16+,17+,18-,19-,20-/m1/s1. The Morgan fingerprint density at radius 1 is 0.909 bits per heavy atom. The molecule has 0 bridgehead atoms. The third-order valence-corrected chi connectivity index (χ3v) is 8.83. The number of hydrogen-bond acceptors (Lipinski definition) is 2. The predicted molar refractivity (Wildman–Crippen MR) is 88.4 cm³/mol. The Labute approximate surface area is 135 Å². The number of fused-ring (bicyclic) bond motifs is 5. The van der Waals surface area contributed by atoms with Gasteiger partial charge in [0.15, 0.2) is 0 Å². The zero-order chi connectivity index (χ0) is 15.5. The molecular formula is C20H34O2. The van der Waals surface area contributed by atoms with Gasteiger partial charge in [0.2, 0.25) is 0 Å². The molecule has 2 nitrogen and oxygen atoms in total. The van der Waals surface area contributed by atoms with E-state index < -0.39 is 5.60 Å². The van der Waals surface area contributed by atoms with Gasteiger partial charge in [0.05, 0.1) is 11.7 Å². The summed E-state index contributed by atoms with van der Waals surface area (Å²) in [6.45, 7) is 4.58. The van der Waals surface area contributed by atoms with Crippen molar-refractivity contribution in [3.8, 4) is 0 Å². The Balaban J connectivity index is 1.58. The molecular weight excluding hydrogens is 272 g/mol. The fourth-order valence-electron chi connectivity index (χ4n) is 7.52. The summed E-state index contributed by atoms with van der Waals surface area (Å²) in [5, 5.41) is 21.2. The van der Waals surface area contributed by atoms with Gasteiger partial charge in [0.25, 0.3) is 0 Å². The quantitative estimate of drug-likeness (QED) is 0.764. The lowest BCUT2D eigenvalue weighted by molar-refractivity contribution is -0.134. The predicted octanol–water partition coefficient (Wildman–Crippen LogP) is 4.14. The molecule has 4 fully saturated rings. The second kappa shape index (κ2) is 5.21. The number of rotatable bonds is 1. The van der Waals surface area contributed by atoms with E-state index >= 15 is 0 Å². The summed E-state index contributed by atoms with van der Waals surface area (Å²) in [6.07, 6.45) is 11.8. The lowest BCUT2D eigenvalue weighted by Crippen LogP contribution is -2.53. The third-order valence-electron chi connectivity index (χ3n) is 8.83. The summed E-state index contributed by atoms with van der Waals surface area (Å²) in [5.41, 5.74) is -0.230. The molecule has 0 saturated heterocycles. The van der Waals surface area contributed by atoms with Gasteiger partial charge in [0, 0.05) is 0 Å². The van der Waals surface area contributed by atoms with Gasteiger partial charge in [-0.05, 0) is 99.2 Å². The van der Waals surface area contributed by atoms with Crippen molar-refractivity contribution in [3.05, 3.63) is 0 Å². The second-order valence-corrected chi connectivity index (χ2v) is 9.28. The van der Waals surface area contributed by atoms with Crippen LogP contribution < -0.4 is 0 Å². The molecule has 4 rings (SSSR count). The van der Waals surface area contributed by atoms with Crippen molar-refractivity contribution in [3.63, 3.8) is 0 Å². The molecule has 0 aromatic rings. The number of aliphatic hydroxyl groups excluding tert-OH is 1. The normalized spacial score (nSPS) is 57.8. The Morgan fingerprint density at radius 3 is 2.45 bits per heavy atom. The van der Waals surface area contributed by atoms with Crippen molar-refractivity contribution in [1.29, 1.82) is 0 Å². The van der Waals surface area contributed by atoms with E-state index in [2.05, 4.69) is 13.8 Å². The van der Waals surface area contributed by atoms with Gasteiger partial charge in [-0.15, -0.1) is 0 Å². The maximum Gasteiger partial charge on any atom is 0.0701 e. The molecule has 0 aromatic carbocycles. The van der Waals surface area contributed by atoms with E-state index in [0.717, 1.165) is 55.3 Å². The van der Waals surface area contributed by atoms with Crippen LogP contribution in [-0.4, -0.2) is 21.9 Å². The Kier molecular flexibility index (Phi) is 3.66. The summed E-state index contributed by atoms with van der Waals surface area (Å²) < 4.78 is 0. The molecule has 4 aliphatic carbocycles. The first-order chi connectivity index (χ1) is 10.5. The fraction of sp³-hybridized carbons (Fsp3) is 1.00. The van der Waals surface area contributed by atoms with E-state index in [1.807, 2.05) is 0 Å². The van der Waals surface area contributed by atoms with Crippen molar-refractivity contribution in [2.75, 3.05) is 0 Å². The Bertz CT molecular complexity index is 435. The summed E-state index contributed by atoms with van der Waals surface area (Å²) in [5.74, 6) is 4.17. The first kappa shape index (κ1) is 15.4. The molecule has 0 aromatic heterocycles. The monoisotopic (exact) mass is 306 g/mol. The first-order valence-corrected chi connectivity index (χ1v) is 9.89. The van der Waals surface area contributed by atoms with Crippen LogP contribution in [0.15, 0.2) is 0 Å². The van der Waals surface area contributed by atoms with Crippen LogP contribution in [-0.2, 0) is 0 Å². The summed E-state index contributed by atoms with van der Waals surface area (Å²) in [7, 11) is 0. The van der Waals surface area contributed by atoms with Gasteiger partial charge in [-0.25, -0.2) is 0 Å². The average Bonchev–Trinajstić information content (AvgIpc) is 2.79. The van der Waals surface area contributed by atoms with Gasteiger partial charge in [-0.2, -0.15) is 0 Å². The fourth-order valence-corrected chi connectivity index (χ4v) is 7.52. The summed E-state index contributed by atoms with van der Waals surface area (Å²) >= 11 is 0. The van der Waals surface area contributed by atoms with Gasteiger partial charge >= 0.3 is 0 Å². The molecule has 0 amide bonds. The maximum absolute atomic E-state index is 11.2. The van der Waals surface area contributed by atoms with E-state index in [1.54, 1.807) is 0 Å². The minimum absolute atomic E-state index is 0.0247. The van der Waals surface area contributed by atoms with Crippen LogP contribution in [0.2, 0.25) is 0 Å². The van der Waals surface area contributed by atoms with Crippen molar-refractivity contribution >= 4 is 0 Å². The molecule has 2 N–H and O–H groups in total. The highest BCUT2D eigenvalue weighted by Gasteiger charge is 2.61.